The van der Waals surface area contributed by atoms with E-state index in [2.05, 4.69) is 15.6 Å². The molecule has 1 amide bonds. The summed E-state index contributed by atoms with van der Waals surface area (Å²) in [5.41, 5.74) is 2.72. The molecule has 0 fully saturated rings. The molecule has 0 aliphatic rings. The normalized spacial score (nSPS) is 11.9. The van der Waals surface area contributed by atoms with Crippen molar-refractivity contribution >= 4 is 5.91 Å². The average Bonchev–Trinajstić information content (AvgIpc) is 3.09. The zero-order valence-corrected chi connectivity index (χ0v) is 17.3. The lowest BCUT2D eigenvalue weighted by Crippen LogP contribution is -2.27. The number of amides is 1. The van der Waals surface area contributed by atoms with E-state index in [0.717, 1.165) is 22.7 Å². The molecular formula is C22H26N4O3. The highest BCUT2D eigenvalue weighted by Crippen LogP contribution is 2.21. The van der Waals surface area contributed by atoms with Crippen molar-refractivity contribution in [2.75, 3.05) is 7.11 Å². The van der Waals surface area contributed by atoms with Crippen LogP contribution >= 0.6 is 0 Å². The van der Waals surface area contributed by atoms with Crippen molar-refractivity contribution in [2.24, 2.45) is 0 Å². The van der Waals surface area contributed by atoms with Crippen molar-refractivity contribution in [2.45, 2.75) is 39.8 Å². The molecule has 0 spiro atoms. The molecule has 152 valence electrons. The molecule has 0 aliphatic heterocycles. The summed E-state index contributed by atoms with van der Waals surface area (Å²) >= 11 is 0. The second-order valence-electron chi connectivity index (χ2n) is 7.07. The molecule has 3 rings (SSSR count). The summed E-state index contributed by atoms with van der Waals surface area (Å²) in [6.45, 7) is 7.70. The van der Waals surface area contributed by atoms with E-state index in [1.54, 1.807) is 11.8 Å². The minimum Gasteiger partial charge on any atom is -0.497 e. The fraction of sp³-hybridized carbons (Fsp3) is 0.318. The summed E-state index contributed by atoms with van der Waals surface area (Å²) in [7, 11) is 1.62. The first-order chi connectivity index (χ1) is 13.9. The van der Waals surface area contributed by atoms with E-state index in [0.29, 0.717) is 11.4 Å². The fourth-order valence-corrected chi connectivity index (χ4v) is 2.99. The van der Waals surface area contributed by atoms with Crippen LogP contribution < -0.4 is 14.8 Å². The SMILES string of the molecule is COc1ccc(-n2nnc(C(=O)NC(C)c3cccc(OC(C)C)c3)c2C)cc1. The van der Waals surface area contributed by atoms with Crippen LogP contribution in [-0.2, 0) is 0 Å². The van der Waals surface area contributed by atoms with Crippen molar-refractivity contribution < 1.29 is 14.3 Å². The molecule has 1 aromatic heterocycles. The number of benzene rings is 2. The number of ether oxygens (including phenoxy) is 2. The van der Waals surface area contributed by atoms with Gasteiger partial charge in [-0.3, -0.25) is 4.79 Å². The number of rotatable bonds is 7. The summed E-state index contributed by atoms with van der Waals surface area (Å²) in [5, 5.41) is 11.2. The standard InChI is InChI=1S/C22H26N4O3/c1-14(2)29-20-8-6-7-17(13-20)15(3)23-22(27)21-16(4)26(25-24-21)18-9-11-19(28-5)12-10-18/h6-15H,1-5H3,(H,23,27). The topological polar surface area (TPSA) is 78.3 Å². The van der Waals surface area contributed by atoms with Crippen molar-refractivity contribution in [3.63, 3.8) is 0 Å². The number of hydrogen-bond donors (Lipinski definition) is 1. The maximum Gasteiger partial charge on any atom is 0.274 e. The summed E-state index contributed by atoms with van der Waals surface area (Å²) in [6, 6.07) is 14.9. The van der Waals surface area contributed by atoms with E-state index in [9.17, 15) is 4.79 Å². The second kappa shape index (κ2) is 8.77. The maximum absolute atomic E-state index is 12.8. The van der Waals surface area contributed by atoms with Gasteiger partial charge in [0.05, 0.1) is 30.6 Å². The van der Waals surface area contributed by atoms with Gasteiger partial charge in [-0.05, 0) is 69.7 Å². The van der Waals surface area contributed by atoms with E-state index in [4.69, 9.17) is 9.47 Å². The highest BCUT2D eigenvalue weighted by atomic mass is 16.5. The van der Waals surface area contributed by atoms with E-state index >= 15 is 0 Å². The molecule has 7 nitrogen and oxygen atoms in total. The van der Waals surface area contributed by atoms with Gasteiger partial charge in [0, 0.05) is 0 Å². The van der Waals surface area contributed by atoms with E-state index in [1.165, 1.54) is 0 Å². The van der Waals surface area contributed by atoms with Crippen LogP contribution in [0.4, 0.5) is 0 Å². The molecule has 1 heterocycles. The Bertz CT molecular complexity index is 980. The average molecular weight is 394 g/mol. The Morgan fingerprint density at radius 2 is 1.79 bits per heavy atom. The second-order valence-corrected chi connectivity index (χ2v) is 7.07. The summed E-state index contributed by atoms with van der Waals surface area (Å²) in [5.74, 6) is 1.26. The molecule has 1 N–H and O–H groups in total. The number of nitrogens with zero attached hydrogens (tertiary/aromatic N) is 3. The van der Waals surface area contributed by atoms with Crippen LogP contribution in [0.15, 0.2) is 48.5 Å². The van der Waals surface area contributed by atoms with Crippen molar-refractivity contribution in [1.82, 2.24) is 20.3 Å². The Morgan fingerprint density at radius 1 is 1.07 bits per heavy atom. The molecule has 0 bridgehead atoms. The van der Waals surface area contributed by atoms with Gasteiger partial charge < -0.3 is 14.8 Å². The zero-order valence-electron chi connectivity index (χ0n) is 17.3. The molecule has 7 heteroatoms. The van der Waals surface area contributed by atoms with Gasteiger partial charge in [-0.1, -0.05) is 17.3 Å². The van der Waals surface area contributed by atoms with Crippen LogP contribution in [-0.4, -0.2) is 34.1 Å². The quantitative estimate of drug-likeness (QED) is 0.658. The van der Waals surface area contributed by atoms with Crippen LogP contribution in [0.3, 0.4) is 0 Å². The van der Waals surface area contributed by atoms with Crippen molar-refractivity contribution in [3.8, 4) is 17.2 Å². The Kier molecular flexibility index (Phi) is 6.16. The van der Waals surface area contributed by atoms with Gasteiger partial charge >= 0.3 is 0 Å². The molecule has 0 saturated heterocycles. The van der Waals surface area contributed by atoms with Gasteiger partial charge in [0.1, 0.15) is 11.5 Å². The lowest BCUT2D eigenvalue weighted by atomic mass is 10.1. The van der Waals surface area contributed by atoms with E-state index in [-0.39, 0.29) is 18.1 Å². The summed E-state index contributed by atoms with van der Waals surface area (Å²) in [4.78, 5) is 12.8. The monoisotopic (exact) mass is 394 g/mol. The molecule has 29 heavy (non-hydrogen) atoms. The molecule has 0 aliphatic carbocycles. The predicted octanol–water partition coefficient (Wildman–Crippen LogP) is 3.86. The minimum absolute atomic E-state index is 0.0887. The van der Waals surface area contributed by atoms with Gasteiger partial charge in [-0.25, -0.2) is 4.68 Å². The molecule has 1 unspecified atom stereocenters. The lowest BCUT2D eigenvalue weighted by molar-refractivity contribution is 0.0934. The smallest absolute Gasteiger partial charge is 0.274 e. The minimum atomic E-state index is -0.273. The highest BCUT2D eigenvalue weighted by molar-refractivity contribution is 5.93. The van der Waals surface area contributed by atoms with Crippen LogP contribution in [0, 0.1) is 6.92 Å². The summed E-state index contributed by atoms with van der Waals surface area (Å²) in [6.07, 6.45) is 0.0887. The molecule has 3 aromatic rings. The molecule has 0 radical (unpaired) electrons. The first kappa shape index (κ1) is 20.4. The third kappa shape index (κ3) is 4.74. The molecule has 0 saturated carbocycles. The fourth-order valence-electron chi connectivity index (χ4n) is 2.99. The largest absolute Gasteiger partial charge is 0.497 e. The van der Waals surface area contributed by atoms with Crippen LogP contribution in [0.1, 0.15) is 48.6 Å². The number of carbonyl (C=O) groups is 1. The van der Waals surface area contributed by atoms with Gasteiger partial charge in [-0.15, -0.1) is 5.10 Å². The van der Waals surface area contributed by atoms with Gasteiger partial charge in [0.2, 0.25) is 0 Å². The first-order valence-electron chi connectivity index (χ1n) is 9.53. The van der Waals surface area contributed by atoms with Gasteiger partial charge in [0.15, 0.2) is 5.69 Å². The Labute approximate surface area is 170 Å². The van der Waals surface area contributed by atoms with Gasteiger partial charge in [0.25, 0.3) is 5.91 Å². The summed E-state index contributed by atoms with van der Waals surface area (Å²) < 4.78 is 12.5. The maximum atomic E-state index is 12.8. The third-order valence-corrected chi connectivity index (χ3v) is 4.50. The van der Waals surface area contributed by atoms with E-state index in [1.807, 2.05) is 76.2 Å². The van der Waals surface area contributed by atoms with Crippen molar-refractivity contribution in [1.29, 1.82) is 0 Å². The first-order valence-corrected chi connectivity index (χ1v) is 9.53. The highest BCUT2D eigenvalue weighted by Gasteiger charge is 2.20. The number of methoxy groups -OCH3 is 1. The van der Waals surface area contributed by atoms with Gasteiger partial charge in [-0.2, -0.15) is 0 Å². The van der Waals surface area contributed by atoms with E-state index < -0.39 is 0 Å². The predicted molar refractivity (Wildman–Crippen MR) is 111 cm³/mol. The number of nitrogens with one attached hydrogen (secondary N) is 1. The zero-order chi connectivity index (χ0) is 21.0. The van der Waals surface area contributed by atoms with Crippen molar-refractivity contribution in [3.05, 3.63) is 65.5 Å². The Hall–Kier alpha value is -3.35. The molecule has 1 atom stereocenters. The Balaban J connectivity index is 1.75. The number of carbonyl (C=O) groups excluding carboxylic acids is 1. The molecule has 2 aromatic carbocycles. The number of hydrogen-bond acceptors (Lipinski definition) is 5. The third-order valence-electron chi connectivity index (χ3n) is 4.50. The van der Waals surface area contributed by atoms with Crippen LogP contribution in [0.2, 0.25) is 0 Å². The number of aromatic nitrogens is 3. The van der Waals surface area contributed by atoms with Crippen LogP contribution in [0.25, 0.3) is 5.69 Å². The lowest BCUT2D eigenvalue weighted by Gasteiger charge is -2.16. The Morgan fingerprint density at radius 3 is 2.45 bits per heavy atom. The molecular weight excluding hydrogens is 368 g/mol. The van der Waals surface area contributed by atoms with Crippen LogP contribution in [0.5, 0.6) is 11.5 Å².